The van der Waals surface area contributed by atoms with Crippen LogP contribution in [0, 0.1) is 0 Å². The number of nitrogens with zero attached hydrogens (tertiary/aromatic N) is 4. The summed E-state index contributed by atoms with van der Waals surface area (Å²) in [5.41, 5.74) is 2.46. The van der Waals surface area contributed by atoms with Gasteiger partial charge in [0.2, 0.25) is 0 Å². The summed E-state index contributed by atoms with van der Waals surface area (Å²) in [6, 6.07) is 11.4. The van der Waals surface area contributed by atoms with E-state index in [-0.39, 0.29) is 5.75 Å². The number of phenolic OH excluding ortho intramolecular Hbond substituents is 1. The van der Waals surface area contributed by atoms with Gasteiger partial charge < -0.3 is 10.0 Å². The van der Waals surface area contributed by atoms with E-state index in [1.54, 1.807) is 6.07 Å². The molecule has 0 aliphatic rings. The van der Waals surface area contributed by atoms with Gasteiger partial charge in [0.1, 0.15) is 5.75 Å². The average Bonchev–Trinajstić information content (AvgIpc) is 2.93. The van der Waals surface area contributed by atoms with Gasteiger partial charge in [0.25, 0.3) is 0 Å². The second kappa shape index (κ2) is 5.44. The number of rotatable bonds is 4. The molecule has 2 heterocycles. The molecule has 5 heteroatoms. The predicted octanol–water partition coefficient (Wildman–Crippen LogP) is 2.95. The Hall–Kier alpha value is -2.56. The van der Waals surface area contributed by atoms with Gasteiger partial charge in [-0.05, 0) is 38.1 Å². The summed E-state index contributed by atoms with van der Waals surface area (Å²) in [4.78, 5) is 2.19. The van der Waals surface area contributed by atoms with Gasteiger partial charge in [0.15, 0.2) is 11.5 Å². The van der Waals surface area contributed by atoms with Crippen LogP contribution in [0.25, 0.3) is 17.0 Å². The molecule has 0 atom stereocenters. The van der Waals surface area contributed by atoms with E-state index in [0.29, 0.717) is 11.4 Å². The Kier molecular flexibility index (Phi) is 3.48. The van der Waals surface area contributed by atoms with Crippen molar-refractivity contribution in [2.75, 3.05) is 18.0 Å². The minimum Gasteiger partial charge on any atom is -0.507 e. The Bertz CT molecular complexity index is 762. The lowest BCUT2D eigenvalue weighted by molar-refractivity contribution is 0.476. The second-order valence-corrected chi connectivity index (χ2v) is 4.83. The fourth-order valence-corrected chi connectivity index (χ4v) is 2.52. The zero-order chi connectivity index (χ0) is 14.8. The minimum atomic E-state index is 0.220. The summed E-state index contributed by atoms with van der Waals surface area (Å²) >= 11 is 0. The van der Waals surface area contributed by atoms with E-state index in [2.05, 4.69) is 28.9 Å². The number of hydrogen-bond acceptors (Lipinski definition) is 4. The molecule has 0 amide bonds. The summed E-state index contributed by atoms with van der Waals surface area (Å²) in [5.74, 6) is 0.867. The molecule has 0 radical (unpaired) electrons. The van der Waals surface area contributed by atoms with Crippen LogP contribution in [0.3, 0.4) is 0 Å². The van der Waals surface area contributed by atoms with E-state index in [1.807, 2.05) is 40.9 Å². The highest BCUT2D eigenvalue weighted by molar-refractivity contribution is 5.70. The molecule has 3 aromatic rings. The maximum absolute atomic E-state index is 10.4. The van der Waals surface area contributed by atoms with Crippen molar-refractivity contribution in [1.82, 2.24) is 14.6 Å². The van der Waals surface area contributed by atoms with Gasteiger partial charge in [0, 0.05) is 31.0 Å². The van der Waals surface area contributed by atoms with Crippen molar-refractivity contribution in [2.45, 2.75) is 13.8 Å². The maximum Gasteiger partial charge on any atom is 0.172 e. The Labute approximate surface area is 123 Å². The van der Waals surface area contributed by atoms with E-state index in [1.165, 1.54) is 0 Å². The highest BCUT2D eigenvalue weighted by Gasteiger charge is 2.13. The molecular weight excluding hydrogens is 264 g/mol. The van der Waals surface area contributed by atoms with E-state index in [0.717, 1.165) is 24.4 Å². The van der Waals surface area contributed by atoms with Crippen LogP contribution in [-0.4, -0.2) is 32.8 Å². The zero-order valence-electron chi connectivity index (χ0n) is 12.2. The van der Waals surface area contributed by atoms with E-state index >= 15 is 0 Å². The molecule has 0 saturated carbocycles. The van der Waals surface area contributed by atoms with Crippen LogP contribution in [0.2, 0.25) is 0 Å². The summed E-state index contributed by atoms with van der Waals surface area (Å²) < 4.78 is 1.87. The molecule has 0 bridgehead atoms. The van der Waals surface area contributed by atoms with E-state index < -0.39 is 0 Å². The van der Waals surface area contributed by atoms with Crippen LogP contribution in [0.5, 0.6) is 5.75 Å². The number of pyridine rings is 1. The van der Waals surface area contributed by atoms with E-state index in [4.69, 9.17) is 0 Å². The first kappa shape index (κ1) is 13.4. The van der Waals surface area contributed by atoms with Crippen LogP contribution in [0.15, 0.2) is 42.6 Å². The number of aromatic nitrogens is 3. The first-order valence-corrected chi connectivity index (χ1v) is 7.12. The van der Waals surface area contributed by atoms with E-state index in [9.17, 15) is 5.11 Å². The van der Waals surface area contributed by atoms with Crippen molar-refractivity contribution in [3.8, 4) is 17.1 Å². The molecule has 2 aromatic heterocycles. The predicted molar refractivity (Wildman–Crippen MR) is 83.6 cm³/mol. The normalized spacial score (nSPS) is 11.0. The lowest BCUT2D eigenvalue weighted by Crippen LogP contribution is -2.21. The zero-order valence-corrected chi connectivity index (χ0v) is 12.2. The third-order valence-corrected chi connectivity index (χ3v) is 3.66. The van der Waals surface area contributed by atoms with Crippen LogP contribution in [0.4, 0.5) is 5.69 Å². The first-order valence-electron chi connectivity index (χ1n) is 7.12. The topological polar surface area (TPSA) is 53.7 Å². The molecule has 0 saturated heterocycles. The van der Waals surface area contributed by atoms with Gasteiger partial charge in [-0.3, -0.25) is 4.40 Å². The van der Waals surface area contributed by atoms with Gasteiger partial charge in [0.05, 0.1) is 5.56 Å². The van der Waals surface area contributed by atoms with Crippen LogP contribution in [0.1, 0.15) is 13.8 Å². The van der Waals surface area contributed by atoms with Crippen molar-refractivity contribution in [3.63, 3.8) is 0 Å². The molecular formula is C16H18N4O. The molecule has 108 valence electrons. The Balaban J connectivity index is 2.07. The standard InChI is InChI=1S/C16H18N4O/c1-3-19(4-2)12-8-9-13(14(21)11-12)16-18-17-15-7-5-6-10-20(15)16/h5-11,21H,3-4H2,1-2H3. The quantitative estimate of drug-likeness (QED) is 0.799. The third-order valence-electron chi connectivity index (χ3n) is 3.66. The SMILES string of the molecule is CCN(CC)c1ccc(-c2nnc3ccccn23)c(O)c1. The van der Waals surface area contributed by atoms with Crippen LogP contribution in [-0.2, 0) is 0 Å². The monoisotopic (exact) mass is 282 g/mol. The Morgan fingerprint density at radius 2 is 1.90 bits per heavy atom. The molecule has 5 nitrogen and oxygen atoms in total. The highest BCUT2D eigenvalue weighted by atomic mass is 16.3. The van der Waals surface area contributed by atoms with Crippen molar-refractivity contribution in [2.24, 2.45) is 0 Å². The molecule has 0 aliphatic carbocycles. The molecule has 0 spiro atoms. The lowest BCUT2D eigenvalue weighted by Gasteiger charge is -2.21. The summed E-state index contributed by atoms with van der Waals surface area (Å²) in [6.45, 7) is 6.01. The smallest absolute Gasteiger partial charge is 0.172 e. The molecule has 21 heavy (non-hydrogen) atoms. The number of benzene rings is 1. The van der Waals surface area contributed by atoms with Crippen LogP contribution >= 0.6 is 0 Å². The Morgan fingerprint density at radius 1 is 1.10 bits per heavy atom. The van der Waals surface area contributed by atoms with Gasteiger partial charge in [-0.1, -0.05) is 6.07 Å². The minimum absolute atomic E-state index is 0.220. The molecule has 0 fully saturated rings. The number of hydrogen-bond donors (Lipinski definition) is 1. The lowest BCUT2D eigenvalue weighted by atomic mass is 10.1. The number of fused-ring (bicyclic) bond motifs is 1. The molecule has 0 unspecified atom stereocenters. The Morgan fingerprint density at radius 3 is 2.62 bits per heavy atom. The average molecular weight is 282 g/mol. The summed E-state index contributed by atoms with van der Waals surface area (Å²) in [5, 5.41) is 18.7. The van der Waals surface area contributed by atoms with Gasteiger partial charge in [-0.2, -0.15) is 0 Å². The van der Waals surface area contributed by atoms with Gasteiger partial charge >= 0.3 is 0 Å². The van der Waals surface area contributed by atoms with Crippen molar-refractivity contribution in [1.29, 1.82) is 0 Å². The fraction of sp³-hybridized carbons (Fsp3) is 0.250. The van der Waals surface area contributed by atoms with Crippen molar-refractivity contribution >= 4 is 11.3 Å². The van der Waals surface area contributed by atoms with Gasteiger partial charge in [-0.25, -0.2) is 0 Å². The number of phenols is 1. The number of aromatic hydroxyl groups is 1. The van der Waals surface area contributed by atoms with Crippen molar-refractivity contribution in [3.05, 3.63) is 42.6 Å². The number of anilines is 1. The van der Waals surface area contributed by atoms with Crippen LogP contribution < -0.4 is 4.90 Å². The first-order chi connectivity index (χ1) is 10.2. The molecule has 1 aromatic carbocycles. The summed E-state index contributed by atoms with van der Waals surface area (Å²) in [6.07, 6.45) is 1.89. The largest absolute Gasteiger partial charge is 0.507 e. The highest BCUT2D eigenvalue weighted by Crippen LogP contribution is 2.31. The van der Waals surface area contributed by atoms with Gasteiger partial charge in [-0.15, -0.1) is 10.2 Å². The molecule has 0 aliphatic heterocycles. The maximum atomic E-state index is 10.4. The third kappa shape index (κ3) is 2.31. The summed E-state index contributed by atoms with van der Waals surface area (Å²) in [7, 11) is 0. The van der Waals surface area contributed by atoms with Crippen molar-refractivity contribution < 1.29 is 5.11 Å². The molecule has 1 N–H and O–H groups in total. The second-order valence-electron chi connectivity index (χ2n) is 4.83. The molecule has 3 rings (SSSR count). The fourth-order valence-electron chi connectivity index (χ4n) is 2.52.